The molecule has 2 N–H and O–H groups in total. The van der Waals surface area contributed by atoms with Gasteiger partial charge in [0.1, 0.15) is 5.75 Å². The molecule has 0 saturated heterocycles. The zero-order valence-electron chi connectivity index (χ0n) is 12.0. The van der Waals surface area contributed by atoms with E-state index in [4.69, 9.17) is 10.5 Å². The molecule has 0 saturated carbocycles. The third-order valence-corrected chi connectivity index (χ3v) is 4.69. The van der Waals surface area contributed by atoms with E-state index in [-0.39, 0.29) is 18.1 Å². The van der Waals surface area contributed by atoms with Crippen molar-refractivity contribution in [2.24, 2.45) is 5.73 Å². The molecule has 0 unspecified atom stereocenters. The van der Waals surface area contributed by atoms with Crippen molar-refractivity contribution in [1.82, 2.24) is 4.90 Å². The number of amides is 2. The van der Waals surface area contributed by atoms with E-state index in [1.54, 1.807) is 40.5 Å². The first-order valence-electron chi connectivity index (χ1n) is 7.00. The minimum absolute atomic E-state index is 0.0869. The van der Waals surface area contributed by atoms with Gasteiger partial charge in [-0.2, -0.15) is 0 Å². The average Bonchev–Trinajstić information content (AvgIpc) is 3.00. The highest BCUT2D eigenvalue weighted by molar-refractivity contribution is 7.10. The molecular formula is C16H16N2O3S. The van der Waals surface area contributed by atoms with Crippen molar-refractivity contribution in [3.8, 4) is 5.75 Å². The Labute approximate surface area is 132 Å². The van der Waals surface area contributed by atoms with Crippen molar-refractivity contribution in [3.63, 3.8) is 0 Å². The zero-order chi connectivity index (χ0) is 15.5. The number of hydrogen-bond acceptors (Lipinski definition) is 4. The van der Waals surface area contributed by atoms with Crippen LogP contribution in [0.2, 0.25) is 0 Å². The lowest BCUT2D eigenvalue weighted by atomic mass is 10.1. The number of primary amides is 1. The summed E-state index contributed by atoms with van der Waals surface area (Å²) >= 11 is 1.73. The number of thiophene rings is 1. The molecule has 0 aliphatic carbocycles. The van der Waals surface area contributed by atoms with Crippen molar-refractivity contribution in [2.45, 2.75) is 13.0 Å². The number of benzene rings is 1. The predicted molar refractivity (Wildman–Crippen MR) is 83.9 cm³/mol. The molecule has 0 radical (unpaired) electrons. The fourth-order valence-electron chi connectivity index (χ4n) is 2.49. The number of nitrogens with two attached hydrogens (primary N) is 1. The summed E-state index contributed by atoms with van der Waals surface area (Å²) in [4.78, 5) is 26.7. The Kier molecular flexibility index (Phi) is 4.11. The van der Waals surface area contributed by atoms with Crippen molar-refractivity contribution in [3.05, 3.63) is 51.7 Å². The largest absolute Gasteiger partial charge is 0.483 e. The monoisotopic (exact) mass is 316 g/mol. The molecule has 1 aromatic carbocycles. The van der Waals surface area contributed by atoms with E-state index < -0.39 is 5.91 Å². The van der Waals surface area contributed by atoms with Crippen LogP contribution in [0.5, 0.6) is 5.75 Å². The number of nitrogens with zero attached hydrogens (tertiary/aromatic N) is 1. The van der Waals surface area contributed by atoms with Gasteiger partial charge < -0.3 is 15.4 Å². The molecule has 6 heteroatoms. The van der Waals surface area contributed by atoms with Gasteiger partial charge in [-0.3, -0.25) is 9.59 Å². The fraction of sp³-hybridized carbons (Fsp3) is 0.250. The van der Waals surface area contributed by atoms with Gasteiger partial charge in [-0.15, -0.1) is 11.3 Å². The van der Waals surface area contributed by atoms with Crippen LogP contribution in [0.4, 0.5) is 0 Å². The Morgan fingerprint density at radius 1 is 1.27 bits per heavy atom. The SMILES string of the molecule is NC(=O)c1ccccc1OCC(=O)N1CCc2sccc2C1. The molecule has 2 aromatic rings. The maximum absolute atomic E-state index is 12.3. The Hall–Kier alpha value is -2.34. The normalized spacial score (nSPS) is 13.5. The zero-order valence-corrected chi connectivity index (χ0v) is 12.8. The predicted octanol–water partition coefficient (Wildman–Crippen LogP) is 1.81. The third-order valence-electron chi connectivity index (χ3n) is 3.66. The molecule has 1 aromatic heterocycles. The Morgan fingerprint density at radius 3 is 2.91 bits per heavy atom. The number of carbonyl (C=O) groups excluding carboxylic acids is 2. The lowest BCUT2D eigenvalue weighted by Gasteiger charge is -2.27. The number of hydrogen-bond donors (Lipinski definition) is 1. The topological polar surface area (TPSA) is 72.6 Å². The van der Waals surface area contributed by atoms with Gasteiger partial charge in [0.15, 0.2) is 6.61 Å². The van der Waals surface area contributed by atoms with Gasteiger partial charge in [-0.25, -0.2) is 0 Å². The molecule has 22 heavy (non-hydrogen) atoms. The van der Waals surface area contributed by atoms with E-state index in [1.807, 2.05) is 0 Å². The van der Waals surface area contributed by atoms with E-state index in [1.165, 1.54) is 10.4 Å². The molecule has 5 nitrogen and oxygen atoms in total. The first-order chi connectivity index (χ1) is 10.6. The maximum Gasteiger partial charge on any atom is 0.260 e. The van der Waals surface area contributed by atoms with Gasteiger partial charge in [-0.05, 0) is 35.6 Å². The minimum atomic E-state index is -0.566. The highest BCUT2D eigenvalue weighted by atomic mass is 32.1. The maximum atomic E-state index is 12.3. The second-order valence-corrected chi connectivity index (χ2v) is 6.08. The molecule has 2 heterocycles. The summed E-state index contributed by atoms with van der Waals surface area (Å²) in [5, 5.41) is 2.05. The van der Waals surface area contributed by atoms with E-state index in [2.05, 4.69) is 11.4 Å². The molecule has 1 aliphatic heterocycles. The molecule has 1 aliphatic rings. The molecule has 0 atom stereocenters. The summed E-state index contributed by atoms with van der Waals surface area (Å²) in [5.74, 6) is -0.309. The number of fused-ring (bicyclic) bond motifs is 1. The highest BCUT2D eigenvalue weighted by Crippen LogP contribution is 2.24. The summed E-state index contributed by atoms with van der Waals surface area (Å²) in [6, 6.07) is 8.73. The van der Waals surface area contributed by atoms with Gasteiger partial charge in [0, 0.05) is 18.0 Å². The van der Waals surface area contributed by atoms with Crippen LogP contribution in [0.25, 0.3) is 0 Å². The van der Waals surface area contributed by atoms with Gasteiger partial charge in [0.25, 0.3) is 11.8 Å². The minimum Gasteiger partial charge on any atom is -0.483 e. The van der Waals surface area contributed by atoms with E-state index in [0.29, 0.717) is 18.8 Å². The highest BCUT2D eigenvalue weighted by Gasteiger charge is 2.22. The van der Waals surface area contributed by atoms with E-state index >= 15 is 0 Å². The second kappa shape index (κ2) is 6.19. The Balaban J connectivity index is 1.63. The van der Waals surface area contributed by atoms with Crippen LogP contribution >= 0.6 is 11.3 Å². The fourth-order valence-corrected chi connectivity index (χ4v) is 3.38. The van der Waals surface area contributed by atoms with Crippen molar-refractivity contribution >= 4 is 23.2 Å². The molecule has 0 spiro atoms. The van der Waals surface area contributed by atoms with Gasteiger partial charge in [-0.1, -0.05) is 12.1 Å². The van der Waals surface area contributed by atoms with Gasteiger partial charge in [0.05, 0.1) is 5.56 Å². The van der Waals surface area contributed by atoms with Crippen LogP contribution in [0, 0.1) is 0 Å². The molecule has 3 rings (SSSR count). The molecule has 0 bridgehead atoms. The van der Waals surface area contributed by atoms with Gasteiger partial charge >= 0.3 is 0 Å². The summed E-state index contributed by atoms with van der Waals surface area (Å²) in [6.45, 7) is 1.23. The summed E-state index contributed by atoms with van der Waals surface area (Å²) in [5.41, 5.74) is 6.79. The van der Waals surface area contributed by atoms with Crippen molar-refractivity contribution < 1.29 is 14.3 Å². The molecule has 114 valence electrons. The standard InChI is InChI=1S/C16H16N2O3S/c17-16(20)12-3-1-2-4-13(12)21-10-15(19)18-7-5-14-11(9-18)6-8-22-14/h1-4,6,8H,5,7,9-10H2,(H2,17,20). The lowest BCUT2D eigenvalue weighted by Crippen LogP contribution is -2.38. The van der Waals surface area contributed by atoms with Gasteiger partial charge in [0.2, 0.25) is 0 Å². The number of para-hydroxylation sites is 1. The molecule has 2 amide bonds. The first kappa shape index (κ1) is 14.6. The summed E-state index contributed by atoms with van der Waals surface area (Å²) in [7, 11) is 0. The van der Waals surface area contributed by atoms with Crippen molar-refractivity contribution in [1.29, 1.82) is 0 Å². The van der Waals surface area contributed by atoms with Crippen LogP contribution in [-0.4, -0.2) is 29.9 Å². The smallest absolute Gasteiger partial charge is 0.260 e. The third kappa shape index (κ3) is 2.96. The Morgan fingerprint density at radius 2 is 2.09 bits per heavy atom. The lowest BCUT2D eigenvalue weighted by molar-refractivity contribution is -0.134. The average molecular weight is 316 g/mol. The van der Waals surface area contributed by atoms with Crippen LogP contribution in [-0.2, 0) is 17.8 Å². The van der Waals surface area contributed by atoms with Crippen LogP contribution < -0.4 is 10.5 Å². The van der Waals surface area contributed by atoms with Crippen molar-refractivity contribution in [2.75, 3.05) is 13.2 Å². The first-order valence-corrected chi connectivity index (χ1v) is 7.88. The van der Waals surface area contributed by atoms with Crippen LogP contribution in [0.1, 0.15) is 20.8 Å². The van der Waals surface area contributed by atoms with Crippen LogP contribution in [0.3, 0.4) is 0 Å². The summed E-state index contributed by atoms with van der Waals surface area (Å²) in [6.07, 6.45) is 0.886. The number of carbonyl (C=O) groups is 2. The van der Waals surface area contributed by atoms with E-state index in [0.717, 1.165) is 6.42 Å². The number of ether oxygens (including phenoxy) is 1. The van der Waals surface area contributed by atoms with E-state index in [9.17, 15) is 9.59 Å². The number of rotatable bonds is 4. The molecule has 0 fully saturated rings. The molecular weight excluding hydrogens is 300 g/mol. The van der Waals surface area contributed by atoms with Crippen LogP contribution in [0.15, 0.2) is 35.7 Å². The summed E-state index contributed by atoms with van der Waals surface area (Å²) < 4.78 is 5.49. The second-order valence-electron chi connectivity index (χ2n) is 5.08. The quantitative estimate of drug-likeness (QED) is 0.935. The Bertz CT molecular complexity index is 711.